The Morgan fingerprint density at radius 1 is 0.543 bits per heavy atom. The van der Waals surface area contributed by atoms with E-state index in [2.05, 4.69) is 19.9 Å². The van der Waals surface area contributed by atoms with Crippen molar-refractivity contribution in [3.8, 4) is 5.75 Å². The standard InChI is InChI=1S/C28H15F12N5O/c1-46-14-4-2-13(3-5-14)12-45(21-8-6-15-17(25(29,30)31)10-19(27(35,36)37)41-23(15)43-21)22-9-7-16-18(26(32,33)34)11-20(28(38,39)40)42-24(16)44-22/h2-11H,12H2,1H3. The molecule has 5 aromatic rings. The highest BCUT2D eigenvalue weighted by Gasteiger charge is 2.41. The SMILES string of the molecule is COc1ccc(CN(c2ccc3c(C(F)(F)F)cc(C(F)(F)F)nc3n2)c2ccc3c(C(F)(F)F)cc(C(F)(F)F)nc3n2)cc1. The van der Waals surface area contributed by atoms with Crippen molar-refractivity contribution in [2.24, 2.45) is 0 Å². The first kappa shape index (κ1) is 32.5. The van der Waals surface area contributed by atoms with Gasteiger partial charge in [0.05, 0.1) is 24.8 Å². The number of hydrogen-bond acceptors (Lipinski definition) is 6. The average molecular weight is 665 g/mol. The quantitative estimate of drug-likeness (QED) is 0.175. The van der Waals surface area contributed by atoms with Crippen LogP contribution in [0.25, 0.3) is 22.1 Å². The fourth-order valence-corrected chi connectivity index (χ4v) is 4.44. The number of rotatable bonds is 5. The lowest BCUT2D eigenvalue weighted by Gasteiger charge is -2.24. The number of alkyl halides is 12. The summed E-state index contributed by atoms with van der Waals surface area (Å²) in [4.78, 5) is 15.3. The molecule has 0 bridgehead atoms. The highest BCUT2D eigenvalue weighted by Crippen LogP contribution is 2.41. The first-order valence-electron chi connectivity index (χ1n) is 12.6. The third kappa shape index (κ3) is 6.55. The number of halogens is 12. The van der Waals surface area contributed by atoms with Crippen LogP contribution in [0.4, 0.5) is 64.3 Å². The summed E-state index contributed by atoms with van der Waals surface area (Å²) >= 11 is 0. The van der Waals surface area contributed by atoms with Crippen molar-refractivity contribution in [1.29, 1.82) is 0 Å². The minimum Gasteiger partial charge on any atom is -0.497 e. The van der Waals surface area contributed by atoms with Gasteiger partial charge in [-0.3, -0.25) is 0 Å². The number of hydrogen-bond donors (Lipinski definition) is 0. The van der Waals surface area contributed by atoms with Crippen molar-refractivity contribution in [3.05, 3.63) is 88.7 Å². The van der Waals surface area contributed by atoms with Gasteiger partial charge in [0.2, 0.25) is 0 Å². The molecule has 0 aliphatic rings. The molecule has 0 spiro atoms. The predicted molar refractivity (Wildman–Crippen MR) is 138 cm³/mol. The number of anilines is 2. The van der Waals surface area contributed by atoms with Crippen molar-refractivity contribution >= 4 is 33.7 Å². The molecule has 0 atom stereocenters. The molecule has 0 unspecified atom stereocenters. The molecule has 0 N–H and O–H groups in total. The third-order valence-electron chi connectivity index (χ3n) is 6.56. The Bertz CT molecular complexity index is 1800. The summed E-state index contributed by atoms with van der Waals surface area (Å²) in [6.45, 7) is -0.322. The predicted octanol–water partition coefficient (Wildman–Crippen LogP) is 9.00. The lowest BCUT2D eigenvalue weighted by atomic mass is 10.1. The van der Waals surface area contributed by atoms with E-state index in [9.17, 15) is 52.7 Å². The summed E-state index contributed by atoms with van der Waals surface area (Å²) in [5.74, 6) is -0.383. The van der Waals surface area contributed by atoms with Crippen LogP contribution in [0.2, 0.25) is 0 Å². The van der Waals surface area contributed by atoms with Gasteiger partial charge in [0.25, 0.3) is 0 Å². The molecule has 18 heteroatoms. The van der Waals surface area contributed by atoms with E-state index in [-0.39, 0.29) is 18.7 Å². The smallest absolute Gasteiger partial charge is 0.433 e. The normalized spacial score (nSPS) is 13.0. The fraction of sp³-hybridized carbons (Fsp3) is 0.214. The topological polar surface area (TPSA) is 64.0 Å². The molecular formula is C28H15F12N5O. The first-order chi connectivity index (χ1) is 21.3. The van der Waals surface area contributed by atoms with E-state index in [1.54, 1.807) is 0 Å². The van der Waals surface area contributed by atoms with Crippen LogP contribution < -0.4 is 9.64 Å². The second-order valence-electron chi connectivity index (χ2n) is 9.62. The van der Waals surface area contributed by atoms with Crippen molar-refractivity contribution < 1.29 is 57.4 Å². The zero-order chi connectivity index (χ0) is 33.8. The molecule has 46 heavy (non-hydrogen) atoms. The van der Waals surface area contributed by atoms with Gasteiger partial charge in [-0.1, -0.05) is 12.1 Å². The number of aromatic nitrogens is 4. The molecule has 242 valence electrons. The van der Waals surface area contributed by atoms with Crippen LogP contribution in [0.1, 0.15) is 28.1 Å². The zero-order valence-corrected chi connectivity index (χ0v) is 22.7. The molecule has 0 amide bonds. The van der Waals surface area contributed by atoms with Crippen LogP contribution in [0, 0.1) is 0 Å². The number of pyridine rings is 4. The van der Waals surface area contributed by atoms with E-state index < -0.39 is 80.9 Å². The molecule has 1 aromatic carbocycles. The van der Waals surface area contributed by atoms with Gasteiger partial charge in [-0.15, -0.1) is 0 Å². The lowest BCUT2D eigenvalue weighted by Crippen LogP contribution is -2.20. The van der Waals surface area contributed by atoms with Crippen molar-refractivity contribution in [2.45, 2.75) is 31.2 Å². The Morgan fingerprint density at radius 2 is 0.957 bits per heavy atom. The van der Waals surface area contributed by atoms with Crippen LogP contribution in [0.3, 0.4) is 0 Å². The monoisotopic (exact) mass is 665 g/mol. The van der Waals surface area contributed by atoms with Crippen molar-refractivity contribution in [3.63, 3.8) is 0 Å². The fourth-order valence-electron chi connectivity index (χ4n) is 4.44. The number of benzene rings is 1. The van der Waals surface area contributed by atoms with Gasteiger partial charge in [0, 0.05) is 10.8 Å². The molecule has 0 aliphatic carbocycles. The van der Waals surface area contributed by atoms with E-state index in [4.69, 9.17) is 4.74 Å². The summed E-state index contributed by atoms with van der Waals surface area (Å²) < 4.78 is 168. The van der Waals surface area contributed by atoms with E-state index in [0.29, 0.717) is 11.3 Å². The molecule has 0 radical (unpaired) electrons. The Morgan fingerprint density at radius 3 is 1.30 bits per heavy atom. The van der Waals surface area contributed by atoms with E-state index >= 15 is 0 Å². The van der Waals surface area contributed by atoms with Crippen LogP contribution in [0.5, 0.6) is 5.75 Å². The summed E-state index contributed by atoms with van der Waals surface area (Å²) in [5.41, 5.74) is -8.74. The van der Waals surface area contributed by atoms with Crippen LogP contribution >= 0.6 is 0 Å². The van der Waals surface area contributed by atoms with Crippen molar-refractivity contribution in [2.75, 3.05) is 12.0 Å². The van der Waals surface area contributed by atoms with Gasteiger partial charge in [0.15, 0.2) is 11.3 Å². The molecule has 0 saturated heterocycles. The third-order valence-corrected chi connectivity index (χ3v) is 6.56. The van der Waals surface area contributed by atoms with Crippen LogP contribution in [-0.2, 0) is 31.2 Å². The molecular weight excluding hydrogens is 650 g/mol. The maximum atomic E-state index is 13.7. The van der Waals surface area contributed by atoms with Gasteiger partial charge in [-0.2, -0.15) is 52.7 Å². The molecule has 4 aromatic heterocycles. The average Bonchev–Trinajstić information content (AvgIpc) is 2.96. The minimum absolute atomic E-state index is 0.175. The van der Waals surface area contributed by atoms with E-state index in [1.165, 1.54) is 31.4 Å². The number of ether oxygens (including phenoxy) is 1. The molecule has 5 rings (SSSR count). The summed E-state index contributed by atoms with van der Waals surface area (Å²) in [6.07, 6.45) is -21.1. The van der Waals surface area contributed by atoms with Gasteiger partial charge in [-0.05, 0) is 54.1 Å². The van der Waals surface area contributed by atoms with Crippen LogP contribution in [0.15, 0.2) is 60.7 Å². The molecule has 0 saturated carbocycles. The van der Waals surface area contributed by atoms with Crippen LogP contribution in [-0.4, -0.2) is 27.0 Å². The van der Waals surface area contributed by atoms with E-state index in [1.807, 2.05) is 0 Å². The number of nitrogens with zero attached hydrogens (tertiary/aromatic N) is 5. The highest BCUT2D eigenvalue weighted by molar-refractivity contribution is 5.84. The summed E-state index contributed by atoms with van der Waals surface area (Å²) in [7, 11) is 1.37. The first-order valence-corrected chi connectivity index (χ1v) is 12.6. The Balaban J connectivity index is 1.75. The molecule has 6 nitrogen and oxygen atoms in total. The largest absolute Gasteiger partial charge is 0.497 e. The minimum atomic E-state index is -5.30. The lowest BCUT2D eigenvalue weighted by molar-refractivity contribution is -0.146. The van der Waals surface area contributed by atoms with Crippen molar-refractivity contribution in [1.82, 2.24) is 19.9 Å². The van der Waals surface area contributed by atoms with E-state index in [0.717, 1.165) is 29.2 Å². The maximum Gasteiger partial charge on any atom is 0.433 e. The number of methoxy groups -OCH3 is 1. The highest BCUT2D eigenvalue weighted by atomic mass is 19.4. The molecule has 0 fully saturated rings. The maximum absolute atomic E-state index is 13.7. The Hall–Kier alpha value is -4.90. The second-order valence-corrected chi connectivity index (χ2v) is 9.62. The summed E-state index contributed by atoms with van der Waals surface area (Å²) in [5, 5.41) is -1.60. The zero-order valence-electron chi connectivity index (χ0n) is 22.7. The second kappa shape index (κ2) is 11.2. The molecule has 4 heterocycles. The Labute approximate surface area is 249 Å². The van der Waals surface area contributed by atoms with Gasteiger partial charge in [-0.25, -0.2) is 19.9 Å². The van der Waals surface area contributed by atoms with Gasteiger partial charge >= 0.3 is 24.7 Å². The molecule has 0 aliphatic heterocycles. The van der Waals surface area contributed by atoms with Gasteiger partial charge < -0.3 is 9.64 Å². The van der Waals surface area contributed by atoms with Gasteiger partial charge in [0.1, 0.15) is 28.8 Å². The summed E-state index contributed by atoms with van der Waals surface area (Å²) in [6, 6.07) is 9.14. The number of fused-ring (bicyclic) bond motifs is 2. The Kier molecular flexibility index (Phi) is 7.89.